The molecule has 1 aliphatic rings. The second kappa shape index (κ2) is 2.87. The SMILES string of the molecule is c1ccc2c(c1)OCCn1ccnc1-2. The first-order valence-corrected chi connectivity index (χ1v) is 4.68. The second-order valence-electron chi connectivity index (χ2n) is 3.29. The van der Waals surface area contributed by atoms with E-state index in [1.54, 1.807) is 0 Å². The van der Waals surface area contributed by atoms with Crippen LogP contribution in [0.1, 0.15) is 0 Å². The van der Waals surface area contributed by atoms with Crippen LogP contribution < -0.4 is 4.74 Å². The lowest BCUT2D eigenvalue weighted by atomic mass is 10.2. The summed E-state index contributed by atoms with van der Waals surface area (Å²) in [7, 11) is 0. The Hall–Kier alpha value is -1.77. The van der Waals surface area contributed by atoms with Crippen molar-refractivity contribution in [3.8, 4) is 17.1 Å². The summed E-state index contributed by atoms with van der Waals surface area (Å²) in [6.07, 6.45) is 3.82. The maximum Gasteiger partial charge on any atom is 0.143 e. The normalized spacial score (nSPS) is 13.7. The first-order valence-electron chi connectivity index (χ1n) is 4.68. The lowest BCUT2D eigenvalue weighted by molar-refractivity contribution is 0.306. The highest BCUT2D eigenvalue weighted by Crippen LogP contribution is 2.30. The van der Waals surface area contributed by atoms with Crippen LogP contribution in [0, 0.1) is 0 Å². The molecule has 0 aliphatic carbocycles. The van der Waals surface area contributed by atoms with Gasteiger partial charge in [0.2, 0.25) is 0 Å². The first kappa shape index (κ1) is 7.62. The molecule has 0 atom stereocenters. The van der Waals surface area contributed by atoms with Gasteiger partial charge in [0.1, 0.15) is 18.2 Å². The molecule has 1 aromatic heterocycles. The summed E-state index contributed by atoms with van der Waals surface area (Å²) in [5, 5.41) is 0. The van der Waals surface area contributed by atoms with Crippen molar-refractivity contribution in [1.29, 1.82) is 0 Å². The molecular formula is C11H10N2O. The molecular weight excluding hydrogens is 176 g/mol. The summed E-state index contributed by atoms with van der Waals surface area (Å²) in [6.45, 7) is 1.57. The number of rotatable bonds is 0. The van der Waals surface area contributed by atoms with Gasteiger partial charge >= 0.3 is 0 Å². The average Bonchev–Trinajstić information content (AvgIpc) is 2.61. The Morgan fingerprint density at radius 2 is 2.21 bits per heavy atom. The number of aromatic nitrogens is 2. The topological polar surface area (TPSA) is 27.1 Å². The molecule has 0 N–H and O–H groups in total. The van der Waals surface area contributed by atoms with E-state index in [4.69, 9.17) is 4.74 Å². The zero-order valence-electron chi connectivity index (χ0n) is 7.68. The van der Waals surface area contributed by atoms with Crippen molar-refractivity contribution in [1.82, 2.24) is 9.55 Å². The van der Waals surface area contributed by atoms with Gasteiger partial charge in [0, 0.05) is 12.4 Å². The Morgan fingerprint density at radius 3 is 3.21 bits per heavy atom. The van der Waals surface area contributed by atoms with Crippen LogP contribution in [-0.2, 0) is 6.54 Å². The molecule has 14 heavy (non-hydrogen) atoms. The molecule has 3 rings (SSSR count). The molecule has 0 bridgehead atoms. The predicted molar refractivity (Wildman–Crippen MR) is 53.2 cm³/mol. The number of benzene rings is 1. The van der Waals surface area contributed by atoms with Gasteiger partial charge in [-0.25, -0.2) is 4.98 Å². The van der Waals surface area contributed by atoms with Crippen molar-refractivity contribution < 1.29 is 4.74 Å². The molecule has 0 radical (unpaired) electrons. The molecule has 1 aromatic carbocycles. The van der Waals surface area contributed by atoms with Gasteiger partial charge in [0.25, 0.3) is 0 Å². The van der Waals surface area contributed by atoms with Gasteiger partial charge in [-0.15, -0.1) is 0 Å². The van der Waals surface area contributed by atoms with Crippen LogP contribution in [0.5, 0.6) is 5.75 Å². The smallest absolute Gasteiger partial charge is 0.143 e. The minimum absolute atomic E-state index is 0.709. The zero-order chi connectivity index (χ0) is 9.38. The van der Waals surface area contributed by atoms with Gasteiger partial charge in [-0.1, -0.05) is 12.1 Å². The van der Waals surface area contributed by atoms with Crippen LogP contribution >= 0.6 is 0 Å². The summed E-state index contributed by atoms with van der Waals surface area (Å²) in [5.41, 5.74) is 1.08. The number of nitrogens with zero attached hydrogens (tertiary/aromatic N) is 2. The van der Waals surface area contributed by atoms with Crippen molar-refractivity contribution in [2.45, 2.75) is 6.54 Å². The minimum Gasteiger partial charge on any atom is -0.491 e. The molecule has 3 nitrogen and oxygen atoms in total. The van der Waals surface area contributed by atoms with Crippen molar-refractivity contribution >= 4 is 0 Å². The number of imidazole rings is 1. The van der Waals surface area contributed by atoms with Crippen LogP contribution in [0.25, 0.3) is 11.4 Å². The molecule has 0 saturated heterocycles. The highest BCUT2D eigenvalue weighted by atomic mass is 16.5. The fourth-order valence-corrected chi connectivity index (χ4v) is 1.77. The highest BCUT2D eigenvalue weighted by molar-refractivity contribution is 5.64. The van der Waals surface area contributed by atoms with E-state index in [2.05, 4.69) is 9.55 Å². The maximum atomic E-state index is 5.63. The van der Waals surface area contributed by atoms with Crippen molar-refractivity contribution in [2.24, 2.45) is 0 Å². The Kier molecular flexibility index (Phi) is 1.56. The number of ether oxygens (including phenoxy) is 1. The largest absolute Gasteiger partial charge is 0.491 e. The highest BCUT2D eigenvalue weighted by Gasteiger charge is 2.14. The van der Waals surface area contributed by atoms with Crippen molar-refractivity contribution in [3.05, 3.63) is 36.7 Å². The Labute approximate surface area is 82.0 Å². The predicted octanol–water partition coefficient (Wildman–Crippen LogP) is 1.94. The molecule has 2 aromatic rings. The van der Waals surface area contributed by atoms with E-state index in [1.807, 2.05) is 36.7 Å². The number of fused-ring (bicyclic) bond motifs is 3. The van der Waals surface area contributed by atoms with Gasteiger partial charge in [-0.3, -0.25) is 0 Å². The summed E-state index contributed by atoms with van der Waals surface area (Å²) in [4.78, 5) is 4.34. The standard InChI is InChI=1S/C11H10N2O/c1-2-4-10-9(3-1)11-12-5-6-13(11)7-8-14-10/h1-6H,7-8H2. The molecule has 1 aliphatic heterocycles. The lowest BCUT2D eigenvalue weighted by Crippen LogP contribution is -2.04. The molecule has 0 unspecified atom stereocenters. The summed E-state index contributed by atoms with van der Waals surface area (Å²) >= 11 is 0. The third-order valence-corrected chi connectivity index (χ3v) is 2.43. The zero-order valence-corrected chi connectivity index (χ0v) is 7.68. The molecule has 0 saturated carbocycles. The van der Waals surface area contributed by atoms with Crippen LogP contribution in [-0.4, -0.2) is 16.2 Å². The molecule has 0 amide bonds. The Bertz CT molecular complexity index is 462. The van der Waals surface area contributed by atoms with E-state index in [1.165, 1.54) is 0 Å². The maximum absolute atomic E-state index is 5.63. The van der Waals surface area contributed by atoms with Gasteiger partial charge in [0.15, 0.2) is 0 Å². The Morgan fingerprint density at radius 1 is 1.29 bits per heavy atom. The van der Waals surface area contributed by atoms with Gasteiger partial charge < -0.3 is 9.30 Å². The summed E-state index contributed by atoms with van der Waals surface area (Å²) < 4.78 is 7.75. The van der Waals surface area contributed by atoms with E-state index in [0.717, 1.165) is 23.7 Å². The number of hydrogen-bond donors (Lipinski definition) is 0. The average molecular weight is 186 g/mol. The van der Waals surface area contributed by atoms with Crippen molar-refractivity contribution in [2.75, 3.05) is 6.61 Å². The van der Waals surface area contributed by atoms with Crippen LogP contribution in [0.2, 0.25) is 0 Å². The Balaban J connectivity index is 2.27. The molecule has 70 valence electrons. The summed E-state index contributed by atoms with van der Waals surface area (Å²) in [6, 6.07) is 8.02. The quantitative estimate of drug-likeness (QED) is 0.628. The van der Waals surface area contributed by atoms with Crippen LogP contribution in [0.3, 0.4) is 0 Å². The fourth-order valence-electron chi connectivity index (χ4n) is 1.77. The van der Waals surface area contributed by atoms with E-state index in [0.29, 0.717) is 6.61 Å². The fraction of sp³-hybridized carbons (Fsp3) is 0.182. The van der Waals surface area contributed by atoms with Gasteiger partial charge in [-0.2, -0.15) is 0 Å². The minimum atomic E-state index is 0.709. The molecule has 2 heterocycles. The molecule has 3 heteroatoms. The summed E-state index contributed by atoms with van der Waals surface area (Å²) in [5.74, 6) is 1.93. The van der Waals surface area contributed by atoms with E-state index in [9.17, 15) is 0 Å². The number of hydrogen-bond acceptors (Lipinski definition) is 2. The van der Waals surface area contributed by atoms with Crippen LogP contribution in [0.4, 0.5) is 0 Å². The van der Waals surface area contributed by atoms with E-state index < -0.39 is 0 Å². The lowest BCUT2D eigenvalue weighted by Gasteiger charge is -2.04. The molecule has 0 fully saturated rings. The third-order valence-electron chi connectivity index (χ3n) is 2.43. The second-order valence-corrected chi connectivity index (χ2v) is 3.29. The molecule has 0 spiro atoms. The van der Waals surface area contributed by atoms with E-state index >= 15 is 0 Å². The van der Waals surface area contributed by atoms with Crippen molar-refractivity contribution in [3.63, 3.8) is 0 Å². The number of para-hydroxylation sites is 1. The van der Waals surface area contributed by atoms with Gasteiger partial charge in [0.05, 0.1) is 12.1 Å². The van der Waals surface area contributed by atoms with E-state index in [-0.39, 0.29) is 0 Å². The monoisotopic (exact) mass is 186 g/mol. The third kappa shape index (κ3) is 1.02. The van der Waals surface area contributed by atoms with Crippen LogP contribution in [0.15, 0.2) is 36.7 Å². The van der Waals surface area contributed by atoms with Gasteiger partial charge in [-0.05, 0) is 12.1 Å². The first-order chi connectivity index (χ1) is 6.95.